The molecule has 10 atom stereocenters. The van der Waals surface area contributed by atoms with E-state index >= 15 is 0 Å². The van der Waals surface area contributed by atoms with Crippen LogP contribution in [0.25, 0.3) is 0 Å². The third kappa shape index (κ3) is 13.1. The Morgan fingerprint density at radius 3 is 2.36 bits per heavy atom. The van der Waals surface area contributed by atoms with Gasteiger partial charge in [-0.1, -0.05) is 100 Å². The summed E-state index contributed by atoms with van der Waals surface area (Å²) in [5.74, 6) is -3.18. The zero-order valence-corrected chi connectivity index (χ0v) is 28.7. The van der Waals surface area contributed by atoms with Crippen LogP contribution in [0.3, 0.4) is 0 Å². The van der Waals surface area contributed by atoms with Crippen LogP contribution in [0.4, 0.5) is 0 Å². The van der Waals surface area contributed by atoms with Gasteiger partial charge in [-0.05, 0) is 45.3 Å². The van der Waals surface area contributed by atoms with Gasteiger partial charge in [0.15, 0.2) is 5.78 Å². The minimum absolute atomic E-state index is 0.00686. The molecule has 1 rings (SSSR count). The SMILES string of the molecule is C/C=C/C=C/C(O)C(C)/C=C/C(=O)[C@@H](C)[C@H](O)[C@H](C)[C@H]1OC(=O)/C(OC)=C/C(C)=C/[C@@H](C)[C@@H](O)[C@@H](C)C/C(C)=C/C=C/[C@@H]1OC. The van der Waals surface area contributed by atoms with Crippen LogP contribution in [0.5, 0.6) is 0 Å². The number of aliphatic hydroxyl groups is 3. The number of cyclic esters (lactones) is 1. The zero-order valence-electron chi connectivity index (χ0n) is 28.7. The first-order valence-electron chi connectivity index (χ1n) is 15.8. The van der Waals surface area contributed by atoms with Gasteiger partial charge in [0.05, 0.1) is 25.4 Å². The van der Waals surface area contributed by atoms with Crippen LogP contribution in [-0.4, -0.2) is 71.8 Å². The van der Waals surface area contributed by atoms with Crippen LogP contribution in [0.2, 0.25) is 0 Å². The molecule has 3 N–H and O–H groups in total. The summed E-state index contributed by atoms with van der Waals surface area (Å²) in [5.41, 5.74) is 1.77. The largest absolute Gasteiger partial charge is 0.490 e. The lowest BCUT2D eigenvalue weighted by atomic mass is 9.84. The van der Waals surface area contributed by atoms with Crippen LogP contribution in [0, 0.1) is 29.6 Å². The summed E-state index contributed by atoms with van der Waals surface area (Å²) in [6.07, 6.45) is 15.4. The molecule has 0 radical (unpaired) electrons. The maximum atomic E-state index is 13.4. The number of ether oxygens (including phenoxy) is 3. The van der Waals surface area contributed by atoms with E-state index in [2.05, 4.69) is 0 Å². The van der Waals surface area contributed by atoms with Crippen molar-refractivity contribution >= 4 is 11.8 Å². The summed E-state index contributed by atoms with van der Waals surface area (Å²) >= 11 is 0. The third-order valence-corrected chi connectivity index (χ3v) is 8.32. The van der Waals surface area contributed by atoms with Gasteiger partial charge in [-0.15, -0.1) is 0 Å². The smallest absolute Gasteiger partial charge is 0.373 e. The van der Waals surface area contributed by atoms with Crippen molar-refractivity contribution in [2.45, 2.75) is 92.3 Å². The molecule has 0 bridgehead atoms. The van der Waals surface area contributed by atoms with Gasteiger partial charge in [-0.3, -0.25) is 4.79 Å². The Kier molecular flexibility index (Phi) is 17.9. The van der Waals surface area contributed by atoms with Crippen molar-refractivity contribution < 1.29 is 39.1 Å². The molecule has 0 fully saturated rings. The van der Waals surface area contributed by atoms with E-state index < -0.39 is 48.3 Å². The molecule has 0 amide bonds. The lowest BCUT2D eigenvalue weighted by Gasteiger charge is -2.33. The van der Waals surface area contributed by atoms with Crippen LogP contribution in [0.1, 0.15) is 61.8 Å². The number of allylic oxidation sites excluding steroid dienone is 9. The Morgan fingerprint density at radius 2 is 1.76 bits per heavy atom. The maximum Gasteiger partial charge on any atom is 0.373 e. The zero-order chi connectivity index (χ0) is 34.3. The molecule has 0 aliphatic carbocycles. The van der Waals surface area contributed by atoms with Crippen molar-refractivity contribution in [3.63, 3.8) is 0 Å². The highest BCUT2D eigenvalue weighted by molar-refractivity contribution is 5.92. The molecule has 0 aromatic heterocycles. The van der Waals surface area contributed by atoms with Crippen molar-refractivity contribution in [3.8, 4) is 0 Å². The quantitative estimate of drug-likeness (QED) is 0.149. The van der Waals surface area contributed by atoms with E-state index in [1.807, 2.05) is 58.9 Å². The fraction of sp³-hybridized carbons (Fsp3) is 0.568. The van der Waals surface area contributed by atoms with Gasteiger partial charge >= 0.3 is 5.97 Å². The van der Waals surface area contributed by atoms with Crippen LogP contribution >= 0.6 is 0 Å². The molecule has 1 aliphatic rings. The Labute approximate surface area is 270 Å². The number of esters is 1. The number of aliphatic hydroxyl groups excluding tert-OH is 3. The molecule has 0 spiro atoms. The van der Waals surface area contributed by atoms with Crippen molar-refractivity contribution in [1.29, 1.82) is 0 Å². The third-order valence-electron chi connectivity index (χ3n) is 8.32. The van der Waals surface area contributed by atoms with Gasteiger partial charge in [0, 0.05) is 30.8 Å². The van der Waals surface area contributed by atoms with E-state index in [0.717, 1.165) is 11.1 Å². The first kappa shape index (κ1) is 40.0. The second-order valence-corrected chi connectivity index (χ2v) is 12.3. The molecule has 8 heteroatoms. The first-order valence-corrected chi connectivity index (χ1v) is 15.8. The van der Waals surface area contributed by atoms with Crippen LogP contribution in [0.15, 0.2) is 83.7 Å². The number of rotatable bonds is 11. The van der Waals surface area contributed by atoms with E-state index in [-0.39, 0.29) is 29.3 Å². The summed E-state index contributed by atoms with van der Waals surface area (Å²) in [5, 5.41) is 32.6. The standard InChI is InChI=1S/C37H56O8/c1-11-12-13-16-30(38)25(4)18-19-31(39)28(7)35(41)29(8)36-32(43-9)17-14-15-23(2)20-26(5)34(40)27(6)21-24(3)22-33(44-10)37(42)45-36/h11-19,21-22,25-30,32,34-36,38,40-41H,20H2,1-10H3/b12-11+,16-13+,17-14+,19-18+,23-15+,24-21+,33-22-/t25?,26-,27+,28+,29-,30?,32-,34-,35-,36+/m0/s1. The molecular formula is C37H56O8. The summed E-state index contributed by atoms with van der Waals surface area (Å²) in [4.78, 5) is 26.5. The van der Waals surface area contributed by atoms with Gasteiger partial charge in [0.2, 0.25) is 5.76 Å². The van der Waals surface area contributed by atoms with Crippen molar-refractivity contribution in [3.05, 3.63) is 83.7 Å². The van der Waals surface area contributed by atoms with E-state index in [9.17, 15) is 24.9 Å². The number of methoxy groups -OCH3 is 2. The normalized spacial score (nSPS) is 32.0. The highest BCUT2D eigenvalue weighted by atomic mass is 16.6. The maximum absolute atomic E-state index is 13.4. The minimum Gasteiger partial charge on any atom is -0.490 e. The molecule has 0 saturated heterocycles. The topological polar surface area (TPSA) is 123 Å². The molecule has 2 unspecified atom stereocenters. The van der Waals surface area contributed by atoms with Gasteiger partial charge in [0.1, 0.15) is 12.2 Å². The Morgan fingerprint density at radius 1 is 1.09 bits per heavy atom. The summed E-state index contributed by atoms with van der Waals surface area (Å²) in [7, 11) is 2.85. The molecule has 1 heterocycles. The first-order chi connectivity index (χ1) is 21.2. The Balaban J connectivity index is 3.41. The van der Waals surface area contributed by atoms with Crippen molar-refractivity contribution in [2.24, 2.45) is 29.6 Å². The summed E-state index contributed by atoms with van der Waals surface area (Å²) in [6.45, 7) is 14.7. The van der Waals surface area contributed by atoms with E-state index in [4.69, 9.17) is 14.2 Å². The van der Waals surface area contributed by atoms with E-state index in [1.165, 1.54) is 20.3 Å². The lowest BCUT2D eigenvalue weighted by Crippen LogP contribution is -2.45. The predicted molar refractivity (Wildman–Crippen MR) is 179 cm³/mol. The number of hydrogen-bond acceptors (Lipinski definition) is 8. The average Bonchev–Trinajstić information content (AvgIpc) is 3.01. The minimum atomic E-state index is -1.19. The number of carbonyl (C=O) groups excluding carboxylic acids is 2. The van der Waals surface area contributed by atoms with Gasteiger partial charge < -0.3 is 29.5 Å². The van der Waals surface area contributed by atoms with Crippen LogP contribution in [-0.2, 0) is 23.8 Å². The van der Waals surface area contributed by atoms with Crippen LogP contribution < -0.4 is 0 Å². The number of hydrogen-bond donors (Lipinski definition) is 3. The number of carbonyl (C=O) groups is 2. The highest BCUT2D eigenvalue weighted by Crippen LogP contribution is 2.27. The Bertz CT molecular complexity index is 1160. The fourth-order valence-electron chi connectivity index (χ4n) is 5.29. The second-order valence-electron chi connectivity index (χ2n) is 12.3. The Hall–Kier alpha value is -3.04. The monoisotopic (exact) mass is 628 g/mol. The van der Waals surface area contributed by atoms with E-state index in [0.29, 0.717) is 6.42 Å². The second kappa shape index (κ2) is 20.2. The predicted octanol–water partition coefficient (Wildman–Crippen LogP) is 5.82. The molecule has 0 aromatic rings. The molecular weight excluding hydrogens is 572 g/mol. The number of ketones is 1. The molecule has 252 valence electrons. The average molecular weight is 629 g/mol. The molecule has 8 nitrogen and oxygen atoms in total. The van der Waals surface area contributed by atoms with E-state index in [1.54, 1.807) is 57.2 Å². The molecule has 1 aliphatic heterocycles. The van der Waals surface area contributed by atoms with Crippen molar-refractivity contribution in [1.82, 2.24) is 0 Å². The molecule has 0 aromatic carbocycles. The van der Waals surface area contributed by atoms with Gasteiger partial charge in [-0.25, -0.2) is 4.79 Å². The van der Waals surface area contributed by atoms with Crippen molar-refractivity contribution in [2.75, 3.05) is 14.2 Å². The van der Waals surface area contributed by atoms with Gasteiger partial charge in [-0.2, -0.15) is 0 Å². The molecule has 45 heavy (non-hydrogen) atoms. The molecule has 0 saturated carbocycles. The lowest BCUT2D eigenvalue weighted by molar-refractivity contribution is -0.162. The summed E-state index contributed by atoms with van der Waals surface area (Å²) < 4.78 is 17.1. The summed E-state index contributed by atoms with van der Waals surface area (Å²) in [6, 6.07) is 0. The highest BCUT2D eigenvalue weighted by Gasteiger charge is 2.38. The van der Waals surface area contributed by atoms with Gasteiger partial charge in [0.25, 0.3) is 0 Å². The fourth-order valence-corrected chi connectivity index (χ4v) is 5.29.